The van der Waals surface area contributed by atoms with Gasteiger partial charge in [0.2, 0.25) is 0 Å². The van der Waals surface area contributed by atoms with Crippen molar-refractivity contribution in [3.05, 3.63) is 23.7 Å². The predicted molar refractivity (Wildman–Crippen MR) is 60.8 cm³/mol. The van der Waals surface area contributed by atoms with Gasteiger partial charge in [-0.05, 0) is 25.2 Å². The van der Waals surface area contributed by atoms with E-state index in [0.717, 1.165) is 13.0 Å². The highest BCUT2D eigenvalue weighted by Gasteiger charge is 2.21. The molecule has 0 saturated heterocycles. The van der Waals surface area contributed by atoms with Crippen LogP contribution in [0.5, 0.6) is 0 Å². The first-order chi connectivity index (χ1) is 6.92. The van der Waals surface area contributed by atoms with Crippen molar-refractivity contribution in [3.8, 4) is 0 Å². The van der Waals surface area contributed by atoms with E-state index < -0.39 is 0 Å². The molecule has 0 radical (unpaired) electrons. The van der Waals surface area contributed by atoms with Gasteiger partial charge in [-0.1, -0.05) is 0 Å². The van der Waals surface area contributed by atoms with Gasteiger partial charge in [0.15, 0.2) is 0 Å². The molecule has 0 saturated carbocycles. The normalized spacial score (nSPS) is 20.8. The van der Waals surface area contributed by atoms with Crippen molar-refractivity contribution in [2.45, 2.75) is 25.3 Å². The van der Waals surface area contributed by atoms with Gasteiger partial charge in [-0.25, -0.2) is 0 Å². The van der Waals surface area contributed by atoms with E-state index in [1.165, 1.54) is 29.9 Å². The molecule has 0 amide bonds. The number of rotatable bonds is 4. The molecular weight excluding hydrogens is 194 g/mol. The summed E-state index contributed by atoms with van der Waals surface area (Å²) in [5.74, 6) is 2.38. The second-order valence-corrected chi connectivity index (χ2v) is 4.68. The van der Waals surface area contributed by atoms with Crippen molar-refractivity contribution in [3.63, 3.8) is 0 Å². The van der Waals surface area contributed by atoms with E-state index in [2.05, 4.69) is 17.6 Å². The van der Waals surface area contributed by atoms with Gasteiger partial charge in [0, 0.05) is 30.3 Å². The maximum absolute atomic E-state index is 5.45. The van der Waals surface area contributed by atoms with Crippen LogP contribution in [0.4, 0.5) is 0 Å². The molecule has 1 aliphatic carbocycles. The molecule has 1 aliphatic rings. The Morgan fingerprint density at radius 3 is 3.43 bits per heavy atom. The molecule has 3 heteroatoms. The van der Waals surface area contributed by atoms with E-state index >= 15 is 0 Å². The molecule has 0 fully saturated rings. The summed E-state index contributed by atoms with van der Waals surface area (Å²) in [5.41, 5.74) is 1.39. The molecule has 1 aromatic heterocycles. The van der Waals surface area contributed by atoms with Gasteiger partial charge in [-0.15, -0.1) is 0 Å². The average molecular weight is 211 g/mol. The largest absolute Gasteiger partial charge is 0.469 e. The molecule has 0 bridgehead atoms. The van der Waals surface area contributed by atoms with Crippen molar-refractivity contribution in [1.82, 2.24) is 5.32 Å². The lowest BCUT2D eigenvalue weighted by atomic mass is 9.93. The number of aryl methyl sites for hydroxylation is 1. The molecule has 1 unspecified atom stereocenters. The fourth-order valence-electron chi connectivity index (χ4n) is 2.03. The summed E-state index contributed by atoms with van der Waals surface area (Å²) in [5, 5.41) is 3.58. The Morgan fingerprint density at radius 1 is 1.64 bits per heavy atom. The second kappa shape index (κ2) is 4.89. The molecule has 0 spiro atoms. The summed E-state index contributed by atoms with van der Waals surface area (Å²) < 4.78 is 5.45. The third-order valence-corrected chi connectivity index (χ3v) is 3.36. The zero-order valence-corrected chi connectivity index (χ0v) is 9.40. The monoisotopic (exact) mass is 211 g/mol. The Labute approximate surface area is 89.4 Å². The van der Waals surface area contributed by atoms with Crippen molar-refractivity contribution in [2.75, 3.05) is 18.6 Å². The van der Waals surface area contributed by atoms with Crippen molar-refractivity contribution >= 4 is 11.8 Å². The topological polar surface area (TPSA) is 25.2 Å². The van der Waals surface area contributed by atoms with Crippen LogP contribution in [0.15, 0.2) is 16.7 Å². The minimum absolute atomic E-state index is 0.532. The third kappa shape index (κ3) is 2.15. The van der Waals surface area contributed by atoms with Crippen LogP contribution in [0, 0.1) is 0 Å². The number of hydrogen-bond donors (Lipinski definition) is 1. The maximum atomic E-state index is 5.45. The number of thioether (sulfide) groups is 1. The highest BCUT2D eigenvalue weighted by molar-refractivity contribution is 7.98. The average Bonchev–Trinajstić information content (AvgIpc) is 2.67. The summed E-state index contributed by atoms with van der Waals surface area (Å²) in [7, 11) is 0. The molecule has 1 N–H and O–H groups in total. The summed E-state index contributed by atoms with van der Waals surface area (Å²) in [4.78, 5) is 0. The van der Waals surface area contributed by atoms with Crippen LogP contribution in [-0.2, 0) is 6.42 Å². The number of furan rings is 1. The summed E-state index contributed by atoms with van der Waals surface area (Å²) >= 11 is 1.89. The zero-order chi connectivity index (χ0) is 9.80. The molecule has 0 aromatic carbocycles. The lowest BCUT2D eigenvalue weighted by Gasteiger charge is -2.22. The Morgan fingerprint density at radius 2 is 2.57 bits per heavy atom. The first kappa shape index (κ1) is 10.1. The van der Waals surface area contributed by atoms with E-state index in [-0.39, 0.29) is 0 Å². The van der Waals surface area contributed by atoms with Crippen LogP contribution in [0.25, 0.3) is 0 Å². The molecule has 1 atom stereocenters. The molecule has 14 heavy (non-hydrogen) atoms. The molecular formula is C11H17NOS. The lowest BCUT2D eigenvalue weighted by Crippen LogP contribution is -2.26. The highest BCUT2D eigenvalue weighted by Crippen LogP contribution is 2.30. The number of nitrogens with one attached hydrogen (secondary N) is 1. The first-order valence-electron chi connectivity index (χ1n) is 5.20. The predicted octanol–water partition coefficient (Wildman–Crippen LogP) is 2.61. The van der Waals surface area contributed by atoms with Gasteiger partial charge >= 0.3 is 0 Å². The van der Waals surface area contributed by atoms with Gasteiger partial charge in [0.25, 0.3) is 0 Å². The van der Waals surface area contributed by atoms with E-state index in [4.69, 9.17) is 4.42 Å². The molecule has 0 aliphatic heterocycles. The van der Waals surface area contributed by atoms with Gasteiger partial charge in [-0.3, -0.25) is 0 Å². The number of hydrogen-bond acceptors (Lipinski definition) is 3. The smallest absolute Gasteiger partial charge is 0.108 e. The lowest BCUT2D eigenvalue weighted by molar-refractivity contribution is 0.418. The second-order valence-electron chi connectivity index (χ2n) is 3.69. The van der Waals surface area contributed by atoms with Crippen molar-refractivity contribution in [2.24, 2.45) is 0 Å². The van der Waals surface area contributed by atoms with Gasteiger partial charge in [0.05, 0.1) is 6.26 Å². The van der Waals surface area contributed by atoms with Gasteiger partial charge in [-0.2, -0.15) is 11.8 Å². The minimum Gasteiger partial charge on any atom is -0.469 e. The zero-order valence-electron chi connectivity index (χ0n) is 8.58. The Bertz CT molecular complexity index is 285. The number of fused-ring (bicyclic) bond motifs is 1. The molecule has 78 valence electrons. The molecule has 2 rings (SSSR count). The fourth-order valence-corrected chi connectivity index (χ4v) is 2.36. The molecule has 1 heterocycles. The standard InChI is InChI=1S/C11H17NOS/c1-14-8-6-12-10-3-2-4-11-9(10)5-7-13-11/h5,7,10,12H,2-4,6,8H2,1H3. The van der Waals surface area contributed by atoms with Crippen LogP contribution < -0.4 is 5.32 Å². The van der Waals surface area contributed by atoms with Crippen LogP contribution >= 0.6 is 11.8 Å². The van der Waals surface area contributed by atoms with Crippen molar-refractivity contribution < 1.29 is 4.42 Å². The van der Waals surface area contributed by atoms with Crippen LogP contribution in [-0.4, -0.2) is 18.6 Å². The fraction of sp³-hybridized carbons (Fsp3) is 0.636. The Hall–Kier alpha value is -0.410. The quantitative estimate of drug-likeness (QED) is 0.775. The van der Waals surface area contributed by atoms with E-state index in [9.17, 15) is 0 Å². The van der Waals surface area contributed by atoms with Crippen LogP contribution in [0.3, 0.4) is 0 Å². The van der Waals surface area contributed by atoms with Crippen molar-refractivity contribution in [1.29, 1.82) is 0 Å². The van der Waals surface area contributed by atoms with Gasteiger partial charge < -0.3 is 9.73 Å². The first-order valence-corrected chi connectivity index (χ1v) is 6.60. The van der Waals surface area contributed by atoms with Crippen LogP contribution in [0.2, 0.25) is 0 Å². The summed E-state index contributed by atoms with van der Waals surface area (Å²) in [6.45, 7) is 1.09. The van der Waals surface area contributed by atoms with Gasteiger partial charge in [0.1, 0.15) is 5.76 Å². The minimum atomic E-state index is 0.532. The van der Waals surface area contributed by atoms with E-state index in [0.29, 0.717) is 6.04 Å². The van der Waals surface area contributed by atoms with E-state index in [1.807, 2.05) is 18.0 Å². The maximum Gasteiger partial charge on any atom is 0.108 e. The molecule has 1 aromatic rings. The SMILES string of the molecule is CSCCNC1CCCc2occc21. The Kier molecular flexibility index (Phi) is 3.54. The van der Waals surface area contributed by atoms with Crippen LogP contribution in [0.1, 0.15) is 30.2 Å². The third-order valence-electron chi connectivity index (χ3n) is 2.75. The Balaban J connectivity index is 1.94. The highest BCUT2D eigenvalue weighted by atomic mass is 32.2. The summed E-state index contributed by atoms with van der Waals surface area (Å²) in [6.07, 6.45) is 7.58. The van der Waals surface area contributed by atoms with E-state index in [1.54, 1.807) is 0 Å². The summed E-state index contributed by atoms with van der Waals surface area (Å²) in [6, 6.07) is 2.65. The molecule has 2 nitrogen and oxygen atoms in total.